The van der Waals surface area contributed by atoms with Crippen LogP contribution in [0.1, 0.15) is 48.8 Å². The minimum atomic E-state index is 0.176. The van der Waals surface area contributed by atoms with Crippen molar-refractivity contribution >= 4 is 6.03 Å². The zero-order chi connectivity index (χ0) is 18.1. The van der Waals surface area contributed by atoms with Gasteiger partial charge in [0.1, 0.15) is 5.82 Å². The zero-order valence-corrected chi connectivity index (χ0v) is 15.4. The van der Waals surface area contributed by atoms with E-state index in [9.17, 15) is 4.79 Å². The lowest BCUT2D eigenvalue weighted by Gasteiger charge is -2.35. The Morgan fingerprint density at radius 2 is 1.92 bits per heavy atom. The van der Waals surface area contributed by atoms with Crippen LogP contribution in [-0.4, -0.2) is 57.1 Å². The van der Waals surface area contributed by atoms with Gasteiger partial charge in [-0.05, 0) is 39.5 Å². The van der Waals surface area contributed by atoms with Crippen molar-refractivity contribution in [3.8, 4) is 11.3 Å². The number of hydrogen-bond donors (Lipinski definition) is 0. The van der Waals surface area contributed by atoms with Gasteiger partial charge in [0.15, 0.2) is 5.76 Å². The summed E-state index contributed by atoms with van der Waals surface area (Å²) >= 11 is 0. The normalized spacial score (nSPS) is 20.6. The summed E-state index contributed by atoms with van der Waals surface area (Å²) < 4.78 is 5.46. The van der Waals surface area contributed by atoms with Gasteiger partial charge in [0.05, 0.1) is 17.0 Å². The first-order valence-corrected chi connectivity index (χ1v) is 9.43. The predicted octanol–water partition coefficient (Wildman–Crippen LogP) is 3.14. The molecule has 7 heteroatoms. The molecule has 0 saturated carbocycles. The van der Waals surface area contributed by atoms with Crippen LogP contribution in [0.2, 0.25) is 0 Å². The molecule has 2 fully saturated rings. The third-order valence-electron chi connectivity index (χ3n) is 5.29. The Bertz CT molecular complexity index is 797. The first-order chi connectivity index (χ1) is 12.6. The van der Waals surface area contributed by atoms with Crippen LogP contribution in [0.5, 0.6) is 0 Å². The van der Waals surface area contributed by atoms with E-state index < -0.39 is 0 Å². The van der Waals surface area contributed by atoms with E-state index in [-0.39, 0.29) is 11.9 Å². The van der Waals surface area contributed by atoms with E-state index >= 15 is 0 Å². The highest BCUT2D eigenvalue weighted by Gasteiger charge is 2.31. The van der Waals surface area contributed by atoms with Gasteiger partial charge in [0.25, 0.3) is 0 Å². The summed E-state index contributed by atoms with van der Waals surface area (Å²) in [6.07, 6.45) is 6.05. The Morgan fingerprint density at radius 3 is 2.65 bits per heavy atom. The van der Waals surface area contributed by atoms with Gasteiger partial charge < -0.3 is 14.3 Å². The lowest BCUT2D eigenvalue weighted by Crippen LogP contribution is -2.46. The highest BCUT2D eigenvalue weighted by Crippen LogP contribution is 2.33. The molecule has 0 radical (unpaired) electrons. The molecular formula is C19H25N5O2. The van der Waals surface area contributed by atoms with Crippen molar-refractivity contribution < 1.29 is 9.32 Å². The molecule has 26 heavy (non-hydrogen) atoms. The fourth-order valence-corrected chi connectivity index (χ4v) is 3.96. The van der Waals surface area contributed by atoms with Crippen molar-refractivity contribution in [1.82, 2.24) is 24.9 Å². The second-order valence-electron chi connectivity index (χ2n) is 7.31. The lowest BCUT2D eigenvalue weighted by atomic mass is 9.91. The van der Waals surface area contributed by atoms with Crippen LogP contribution in [0.15, 0.2) is 16.8 Å². The zero-order valence-electron chi connectivity index (χ0n) is 15.4. The Hall–Kier alpha value is -2.44. The molecule has 2 aromatic rings. The summed E-state index contributed by atoms with van der Waals surface area (Å²) in [7, 11) is 0. The van der Waals surface area contributed by atoms with Gasteiger partial charge in [0, 0.05) is 44.4 Å². The largest absolute Gasteiger partial charge is 0.356 e. The van der Waals surface area contributed by atoms with E-state index in [0.29, 0.717) is 12.3 Å². The maximum absolute atomic E-state index is 12.8. The number of aryl methyl sites for hydroxylation is 2. The molecule has 2 amide bonds. The van der Waals surface area contributed by atoms with Gasteiger partial charge in [-0.3, -0.25) is 0 Å². The molecule has 2 saturated heterocycles. The van der Waals surface area contributed by atoms with Crippen LogP contribution in [0.3, 0.4) is 0 Å². The third-order valence-corrected chi connectivity index (χ3v) is 5.29. The number of likely N-dealkylation sites (tertiary alicyclic amines) is 2. The van der Waals surface area contributed by atoms with Gasteiger partial charge in [-0.15, -0.1) is 0 Å². The quantitative estimate of drug-likeness (QED) is 0.827. The number of rotatable bonds is 2. The number of carbonyl (C=O) groups is 1. The number of hydrogen-bond acceptors (Lipinski definition) is 5. The molecule has 2 aliphatic heterocycles. The number of piperidine rings is 1. The molecule has 138 valence electrons. The van der Waals surface area contributed by atoms with Crippen molar-refractivity contribution in [3.63, 3.8) is 0 Å². The van der Waals surface area contributed by atoms with Crippen molar-refractivity contribution in [2.75, 3.05) is 26.2 Å². The fraction of sp³-hybridized carbons (Fsp3) is 0.579. The summed E-state index contributed by atoms with van der Waals surface area (Å²) in [5, 5.41) is 4.00. The van der Waals surface area contributed by atoms with Gasteiger partial charge in [-0.2, -0.15) is 0 Å². The Balaban J connectivity index is 1.60. The smallest absolute Gasteiger partial charge is 0.320 e. The Labute approximate surface area is 153 Å². The van der Waals surface area contributed by atoms with Crippen LogP contribution in [0.4, 0.5) is 4.79 Å². The standard InChI is InChI=1S/C19H25N5O2/c1-13-10-17(26-22-13)16-11-20-14(2)21-18(16)15-6-5-9-24(12-15)19(25)23-7-3-4-8-23/h10-11,15H,3-9,12H2,1-2H3. The van der Waals surface area contributed by atoms with Gasteiger partial charge in [-0.25, -0.2) is 14.8 Å². The van der Waals surface area contributed by atoms with Crippen LogP contribution >= 0.6 is 0 Å². The number of amides is 2. The molecule has 1 unspecified atom stereocenters. The first-order valence-electron chi connectivity index (χ1n) is 9.43. The minimum absolute atomic E-state index is 0.176. The molecule has 4 rings (SSSR count). The topological polar surface area (TPSA) is 75.4 Å². The fourth-order valence-electron chi connectivity index (χ4n) is 3.96. The summed E-state index contributed by atoms with van der Waals surface area (Å²) in [6, 6.07) is 2.09. The molecule has 4 heterocycles. The van der Waals surface area contributed by atoms with Crippen LogP contribution in [-0.2, 0) is 0 Å². The van der Waals surface area contributed by atoms with Crippen molar-refractivity contribution in [2.24, 2.45) is 0 Å². The highest BCUT2D eigenvalue weighted by molar-refractivity contribution is 5.75. The predicted molar refractivity (Wildman–Crippen MR) is 96.8 cm³/mol. The molecule has 0 aliphatic carbocycles. The Morgan fingerprint density at radius 1 is 1.15 bits per heavy atom. The van der Waals surface area contributed by atoms with E-state index in [0.717, 1.165) is 68.1 Å². The number of nitrogens with zero attached hydrogens (tertiary/aromatic N) is 5. The molecule has 0 bridgehead atoms. The molecule has 2 aromatic heterocycles. The van der Waals surface area contributed by atoms with E-state index in [1.807, 2.05) is 35.9 Å². The van der Waals surface area contributed by atoms with Crippen molar-refractivity contribution in [3.05, 3.63) is 29.5 Å². The van der Waals surface area contributed by atoms with E-state index in [1.54, 1.807) is 0 Å². The maximum Gasteiger partial charge on any atom is 0.320 e. The van der Waals surface area contributed by atoms with E-state index in [4.69, 9.17) is 9.51 Å². The van der Waals surface area contributed by atoms with Gasteiger partial charge in [-0.1, -0.05) is 5.16 Å². The molecule has 0 N–H and O–H groups in total. The van der Waals surface area contributed by atoms with Crippen LogP contribution < -0.4 is 0 Å². The van der Waals surface area contributed by atoms with Crippen molar-refractivity contribution in [1.29, 1.82) is 0 Å². The number of aromatic nitrogens is 3. The number of urea groups is 1. The first kappa shape index (κ1) is 17.0. The second kappa shape index (κ2) is 7.05. The van der Waals surface area contributed by atoms with Crippen molar-refractivity contribution in [2.45, 2.75) is 45.4 Å². The molecule has 7 nitrogen and oxygen atoms in total. The third kappa shape index (κ3) is 3.30. The molecule has 0 spiro atoms. The molecule has 0 aromatic carbocycles. The number of carbonyl (C=O) groups excluding carboxylic acids is 1. The molecule has 1 atom stereocenters. The lowest BCUT2D eigenvalue weighted by molar-refractivity contribution is 0.146. The Kier molecular flexibility index (Phi) is 4.61. The monoisotopic (exact) mass is 355 g/mol. The van der Waals surface area contributed by atoms with Crippen LogP contribution in [0.25, 0.3) is 11.3 Å². The SMILES string of the molecule is Cc1cc(-c2cnc(C)nc2C2CCCN(C(=O)N3CCCC3)C2)on1. The average Bonchev–Trinajstić information content (AvgIpc) is 3.33. The average molecular weight is 355 g/mol. The molecule has 2 aliphatic rings. The van der Waals surface area contributed by atoms with Gasteiger partial charge in [0.2, 0.25) is 0 Å². The maximum atomic E-state index is 12.8. The molecular weight excluding hydrogens is 330 g/mol. The van der Waals surface area contributed by atoms with Gasteiger partial charge >= 0.3 is 6.03 Å². The summed E-state index contributed by atoms with van der Waals surface area (Å²) in [5.74, 6) is 1.63. The second-order valence-corrected chi connectivity index (χ2v) is 7.31. The van der Waals surface area contributed by atoms with E-state index in [1.165, 1.54) is 0 Å². The van der Waals surface area contributed by atoms with E-state index in [2.05, 4.69) is 10.1 Å². The summed E-state index contributed by atoms with van der Waals surface area (Å²) in [4.78, 5) is 25.8. The summed E-state index contributed by atoms with van der Waals surface area (Å²) in [6.45, 7) is 7.09. The minimum Gasteiger partial charge on any atom is -0.356 e. The van der Waals surface area contributed by atoms with Crippen LogP contribution in [0, 0.1) is 13.8 Å². The summed E-state index contributed by atoms with van der Waals surface area (Å²) in [5.41, 5.74) is 2.69. The highest BCUT2D eigenvalue weighted by atomic mass is 16.5.